The normalized spacial score (nSPS) is 19.2. The van der Waals surface area contributed by atoms with Crippen LogP contribution in [0.1, 0.15) is 25.0 Å². The van der Waals surface area contributed by atoms with Gasteiger partial charge in [0.05, 0.1) is 12.2 Å². The zero-order chi connectivity index (χ0) is 20.1. The lowest BCUT2D eigenvalue weighted by molar-refractivity contribution is -0.118. The van der Waals surface area contributed by atoms with Crippen molar-refractivity contribution in [3.05, 3.63) is 59.7 Å². The van der Waals surface area contributed by atoms with Crippen LogP contribution in [0.2, 0.25) is 0 Å². The predicted molar refractivity (Wildman–Crippen MR) is 115 cm³/mol. The van der Waals surface area contributed by atoms with Crippen LogP contribution in [0.4, 0.5) is 5.69 Å². The average molecular weight is 399 g/mol. The number of carbonyl (C=O) groups excluding carboxylic acids is 1. The Balaban J connectivity index is 1.52. The van der Waals surface area contributed by atoms with E-state index in [1.165, 1.54) is 0 Å². The number of anilines is 1. The number of nitrogens with one attached hydrogen (secondary N) is 1. The number of ether oxygens (including phenoxy) is 2. The number of hydrogen-bond acceptors (Lipinski definition) is 4. The molecule has 2 atom stereocenters. The van der Waals surface area contributed by atoms with E-state index in [1.807, 2.05) is 55.5 Å². The molecular weight excluding hydrogens is 372 g/mol. The zero-order valence-electron chi connectivity index (χ0n) is 16.5. The summed E-state index contributed by atoms with van der Waals surface area (Å²) >= 11 is 5.64. The molecule has 1 fully saturated rings. The minimum absolute atomic E-state index is 0.0454. The molecule has 1 aliphatic rings. The van der Waals surface area contributed by atoms with Gasteiger partial charge in [-0.15, -0.1) is 0 Å². The van der Waals surface area contributed by atoms with Gasteiger partial charge in [0.25, 0.3) is 5.91 Å². The number of amides is 1. The zero-order valence-corrected chi connectivity index (χ0v) is 17.3. The van der Waals surface area contributed by atoms with E-state index in [0.29, 0.717) is 5.75 Å². The van der Waals surface area contributed by atoms with Crippen molar-refractivity contribution >= 4 is 28.8 Å². The predicted octanol–water partition coefficient (Wildman–Crippen LogP) is 3.80. The Morgan fingerprint density at radius 1 is 1.18 bits per heavy atom. The average Bonchev–Trinajstić information content (AvgIpc) is 2.65. The highest BCUT2D eigenvalue weighted by Gasteiger charge is 2.24. The summed E-state index contributed by atoms with van der Waals surface area (Å²) in [5, 5.41) is 2.83. The Bertz CT molecular complexity index is 828. The maximum atomic E-state index is 12.1. The van der Waals surface area contributed by atoms with Crippen molar-refractivity contribution in [2.75, 3.05) is 25.0 Å². The first-order valence-electron chi connectivity index (χ1n) is 9.45. The molecule has 148 valence electrons. The fourth-order valence-electron chi connectivity index (χ4n) is 3.29. The van der Waals surface area contributed by atoms with Crippen LogP contribution in [0, 0.1) is 6.92 Å². The van der Waals surface area contributed by atoms with Gasteiger partial charge in [-0.3, -0.25) is 4.79 Å². The van der Waals surface area contributed by atoms with Crippen LogP contribution < -0.4 is 10.1 Å². The Morgan fingerprint density at radius 3 is 2.50 bits per heavy atom. The fourth-order valence-corrected chi connectivity index (χ4v) is 3.57. The van der Waals surface area contributed by atoms with Crippen LogP contribution in [0.15, 0.2) is 48.5 Å². The summed E-state index contributed by atoms with van der Waals surface area (Å²) in [6.07, 6.45) is 0.326. The van der Waals surface area contributed by atoms with Gasteiger partial charge in [-0.25, -0.2) is 0 Å². The molecular formula is C22H26N2O3S. The maximum Gasteiger partial charge on any atom is 0.262 e. The van der Waals surface area contributed by atoms with Gasteiger partial charge in [-0.2, -0.15) is 0 Å². The van der Waals surface area contributed by atoms with Crippen molar-refractivity contribution in [2.24, 2.45) is 0 Å². The number of nitrogens with zero attached hydrogens (tertiary/aromatic N) is 1. The molecule has 1 N–H and O–H groups in total. The summed E-state index contributed by atoms with van der Waals surface area (Å²) in [5.41, 5.74) is 2.82. The molecule has 1 amide bonds. The minimum atomic E-state index is -0.193. The molecule has 2 aromatic carbocycles. The molecule has 28 heavy (non-hydrogen) atoms. The Kier molecular flexibility index (Phi) is 6.65. The highest BCUT2D eigenvalue weighted by Crippen LogP contribution is 2.18. The molecule has 0 aliphatic carbocycles. The van der Waals surface area contributed by atoms with Gasteiger partial charge in [-0.05, 0) is 62.7 Å². The van der Waals surface area contributed by atoms with Crippen LogP contribution >= 0.6 is 12.2 Å². The van der Waals surface area contributed by atoms with Crippen LogP contribution in [-0.2, 0) is 9.53 Å². The number of carbonyl (C=O) groups is 1. The summed E-state index contributed by atoms with van der Waals surface area (Å²) in [6, 6.07) is 15.2. The van der Waals surface area contributed by atoms with Gasteiger partial charge in [0.2, 0.25) is 0 Å². The molecule has 3 rings (SSSR count). The summed E-state index contributed by atoms with van der Waals surface area (Å²) in [7, 11) is 0. The van der Waals surface area contributed by atoms with Crippen LogP contribution in [-0.4, -0.2) is 47.7 Å². The van der Waals surface area contributed by atoms with Crippen molar-refractivity contribution in [2.45, 2.75) is 33.0 Å². The van der Waals surface area contributed by atoms with E-state index >= 15 is 0 Å². The Morgan fingerprint density at radius 2 is 1.86 bits per heavy atom. The van der Waals surface area contributed by atoms with Crippen molar-refractivity contribution in [3.63, 3.8) is 0 Å². The molecule has 6 heteroatoms. The summed E-state index contributed by atoms with van der Waals surface area (Å²) in [5.74, 6) is 0.441. The van der Waals surface area contributed by atoms with Gasteiger partial charge in [0.1, 0.15) is 10.7 Å². The lowest BCUT2D eigenvalue weighted by atomic mass is 10.1. The van der Waals surface area contributed by atoms with Gasteiger partial charge >= 0.3 is 0 Å². The third kappa shape index (κ3) is 5.53. The van der Waals surface area contributed by atoms with Gasteiger partial charge in [0.15, 0.2) is 6.61 Å². The van der Waals surface area contributed by atoms with E-state index < -0.39 is 0 Å². The second-order valence-corrected chi connectivity index (χ2v) is 7.58. The van der Waals surface area contributed by atoms with Crippen molar-refractivity contribution in [3.8, 4) is 5.75 Å². The smallest absolute Gasteiger partial charge is 0.262 e. The van der Waals surface area contributed by atoms with Crippen LogP contribution in [0.3, 0.4) is 0 Å². The largest absolute Gasteiger partial charge is 0.484 e. The molecule has 0 unspecified atom stereocenters. The second kappa shape index (κ2) is 9.17. The van der Waals surface area contributed by atoms with E-state index in [-0.39, 0.29) is 24.7 Å². The molecule has 2 aromatic rings. The quantitative estimate of drug-likeness (QED) is 0.777. The maximum absolute atomic E-state index is 12.1. The molecule has 0 saturated carbocycles. The van der Waals surface area contributed by atoms with Crippen LogP contribution in [0.5, 0.6) is 5.75 Å². The van der Waals surface area contributed by atoms with E-state index in [0.717, 1.165) is 34.9 Å². The summed E-state index contributed by atoms with van der Waals surface area (Å²) in [6.45, 7) is 7.64. The lowest BCUT2D eigenvalue weighted by Crippen LogP contribution is -2.47. The standard InChI is InChI=1S/C22H26N2O3S/c1-15-5-4-6-19(11-15)23-21(25)14-26-20-9-7-18(8-10-20)22(28)24-12-16(2)27-17(3)13-24/h4-11,16-17H,12-14H2,1-3H3,(H,23,25)/t16-,17+. The van der Waals surface area contributed by atoms with E-state index in [4.69, 9.17) is 21.7 Å². The molecule has 1 heterocycles. The highest BCUT2D eigenvalue weighted by atomic mass is 32.1. The third-order valence-electron chi connectivity index (χ3n) is 4.48. The molecule has 0 aromatic heterocycles. The first-order valence-corrected chi connectivity index (χ1v) is 9.85. The molecule has 5 nitrogen and oxygen atoms in total. The second-order valence-electron chi connectivity index (χ2n) is 7.20. The van der Waals surface area contributed by atoms with E-state index in [1.54, 1.807) is 0 Å². The fraction of sp³-hybridized carbons (Fsp3) is 0.364. The first-order chi connectivity index (χ1) is 13.4. The van der Waals surface area contributed by atoms with E-state index in [9.17, 15) is 4.79 Å². The topological polar surface area (TPSA) is 50.8 Å². The number of thiocarbonyl (C=S) groups is 1. The van der Waals surface area contributed by atoms with E-state index in [2.05, 4.69) is 24.1 Å². The number of hydrogen-bond donors (Lipinski definition) is 1. The number of aryl methyl sites for hydroxylation is 1. The third-order valence-corrected chi connectivity index (χ3v) is 4.97. The summed E-state index contributed by atoms with van der Waals surface area (Å²) < 4.78 is 11.4. The number of benzene rings is 2. The Hall–Kier alpha value is -2.44. The molecule has 1 aliphatic heterocycles. The van der Waals surface area contributed by atoms with Crippen molar-refractivity contribution in [1.82, 2.24) is 4.90 Å². The molecule has 0 radical (unpaired) electrons. The summed E-state index contributed by atoms with van der Waals surface area (Å²) in [4.78, 5) is 15.1. The number of morpholine rings is 1. The molecule has 1 saturated heterocycles. The van der Waals surface area contributed by atoms with Crippen molar-refractivity contribution in [1.29, 1.82) is 0 Å². The number of rotatable bonds is 5. The van der Waals surface area contributed by atoms with Crippen LogP contribution in [0.25, 0.3) is 0 Å². The Labute approximate surface area is 171 Å². The monoisotopic (exact) mass is 398 g/mol. The molecule has 0 spiro atoms. The van der Waals surface area contributed by atoms with Gasteiger partial charge in [0, 0.05) is 24.3 Å². The first kappa shape index (κ1) is 20.3. The minimum Gasteiger partial charge on any atom is -0.484 e. The lowest BCUT2D eigenvalue weighted by Gasteiger charge is -2.37. The van der Waals surface area contributed by atoms with Crippen molar-refractivity contribution < 1.29 is 14.3 Å². The SMILES string of the molecule is Cc1cccc(NC(=O)COc2ccc(C(=S)N3C[C@@H](C)O[C@@H](C)C3)cc2)c1. The molecule has 0 bridgehead atoms. The van der Waals surface area contributed by atoms with Gasteiger partial charge < -0.3 is 19.7 Å². The van der Waals surface area contributed by atoms with Gasteiger partial charge in [-0.1, -0.05) is 24.4 Å². The highest BCUT2D eigenvalue weighted by molar-refractivity contribution is 7.80.